The molecular weight excluding hydrogens is 282 g/mol. The second kappa shape index (κ2) is 4.46. The van der Waals surface area contributed by atoms with Crippen LogP contribution in [0.2, 0.25) is 0 Å². The smallest absolute Gasteiger partial charge is 0.471 e. The Morgan fingerprint density at radius 1 is 1.35 bits per heavy atom. The summed E-state index contributed by atoms with van der Waals surface area (Å²) in [6.07, 6.45) is -5.71. The highest BCUT2D eigenvalue weighted by molar-refractivity contribution is 6.04. The average molecular weight is 291 g/mol. The Morgan fingerprint density at radius 3 is 2.45 bits per heavy atom. The molecule has 108 valence electrons. The molecule has 0 saturated carbocycles. The molecule has 1 N–H and O–H groups in total. The van der Waals surface area contributed by atoms with E-state index < -0.39 is 36.3 Å². The van der Waals surface area contributed by atoms with Crippen LogP contribution < -0.4 is 4.90 Å². The molecule has 0 saturated heterocycles. The maximum absolute atomic E-state index is 13.7. The third kappa shape index (κ3) is 2.21. The monoisotopic (exact) mass is 291 g/mol. The summed E-state index contributed by atoms with van der Waals surface area (Å²) in [7, 11) is 0. The van der Waals surface area contributed by atoms with Gasteiger partial charge in [-0.1, -0.05) is 0 Å². The number of hydrogen-bond acceptors (Lipinski definition) is 2. The summed E-state index contributed by atoms with van der Waals surface area (Å²) in [5.41, 5.74) is -0.231. The van der Waals surface area contributed by atoms with E-state index in [-0.39, 0.29) is 16.2 Å². The Balaban J connectivity index is 2.59. The number of nitrogens with zero attached hydrogens (tertiary/aromatic N) is 1. The summed E-state index contributed by atoms with van der Waals surface area (Å²) in [6, 6.07) is 0.500. The van der Waals surface area contributed by atoms with Crippen molar-refractivity contribution >= 4 is 17.6 Å². The van der Waals surface area contributed by atoms with E-state index in [2.05, 4.69) is 0 Å². The molecule has 1 aliphatic rings. The number of halogens is 4. The second-order valence-electron chi connectivity index (χ2n) is 4.48. The SMILES string of the molecule is Cc1cc(F)c2c(c1)N(C(=O)C(F)(F)F)C(C(=O)O)C2. The third-order valence-electron chi connectivity index (χ3n) is 3.03. The van der Waals surface area contributed by atoms with Gasteiger partial charge in [0.15, 0.2) is 0 Å². The zero-order chi connectivity index (χ0) is 15.2. The number of aliphatic carboxylic acids is 1. The Labute approximate surface area is 110 Å². The van der Waals surface area contributed by atoms with Crippen LogP contribution in [0.5, 0.6) is 0 Å². The van der Waals surface area contributed by atoms with Gasteiger partial charge in [-0.2, -0.15) is 13.2 Å². The first-order valence-electron chi connectivity index (χ1n) is 5.55. The number of fused-ring (bicyclic) bond motifs is 1. The molecule has 2 rings (SSSR count). The number of hydrogen-bond donors (Lipinski definition) is 1. The highest BCUT2D eigenvalue weighted by Gasteiger charge is 2.50. The molecular formula is C12H9F4NO3. The standard InChI is InChI=1S/C12H9F4NO3/c1-5-2-7(13)6-4-9(10(18)19)17(8(6)3-5)11(20)12(14,15)16/h2-3,9H,4H2,1H3,(H,18,19). The van der Waals surface area contributed by atoms with E-state index >= 15 is 0 Å². The predicted molar refractivity (Wildman–Crippen MR) is 59.8 cm³/mol. The molecule has 1 unspecified atom stereocenters. The molecule has 0 bridgehead atoms. The van der Waals surface area contributed by atoms with E-state index in [0.29, 0.717) is 5.56 Å². The molecule has 1 atom stereocenters. The minimum absolute atomic E-state index is 0.105. The maximum Gasteiger partial charge on any atom is 0.471 e. The first-order chi connectivity index (χ1) is 9.12. The summed E-state index contributed by atoms with van der Waals surface area (Å²) in [5, 5.41) is 8.95. The summed E-state index contributed by atoms with van der Waals surface area (Å²) < 4.78 is 51.4. The largest absolute Gasteiger partial charge is 0.480 e. The maximum atomic E-state index is 13.7. The van der Waals surface area contributed by atoms with Crippen LogP contribution >= 0.6 is 0 Å². The fourth-order valence-corrected chi connectivity index (χ4v) is 2.21. The van der Waals surface area contributed by atoms with Crippen LogP contribution in [-0.2, 0) is 16.0 Å². The van der Waals surface area contributed by atoms with Gasteiger partial charge >= 0.3 is 18.1 Å². The molecule has 4 nitrogen and oxygen atoms in total. The topological polar surface area (TPSA) is 57.6 Å². The number of anilines is 1. The van der Waals surface area contributed by atoms with Gasteiger partial charge in [-0.25, -0.2) is 9.18 Å². The predicted octanol–water partition coefficient (Wildman–Crippen LogP) is 2.04. The number of carbonyl (C=O) groups is 2. The van der Waals surface area contributed by atoms with Gasteiger partial charge in [-0.15, -0.1) is 0 Å². The molecule has 0 aliphatic carbocycles. The summed E-state index contributed by atoms with van der Waals surface area (Å²) >= 11 is 0. The van der Waals surface area contributed by atoms with Crippen molar-refractivity contribution in [3.8, 4) is 0 Å². The molecule has 8 heteroatoms. The van der Waals surface area contributed by atoms with Crippen molar-refractivity contribution in [2.75, 3.05) is 4.90 Å². The number of benzene rings is 1. The zero-order valence-corrected chi connectivity index (χ0v) is 10.2. The Kier molecular flexibility index (Phi) is 3.19. The van der Waals surface area contributed by atoms with Crippen LogP contribution in [0.25, 0.3) is 0 Å². The summed E-state index contributed by atoms with van der Waals surface area (Å²) in [5.74, 6) is -4.74. The van der Waals surface area contributed by atoms with Crippen molar-refractivity contribution in [1.82, 2.24) is 0 Å². The van der Waals surface area contributed by atoms with Gasteiger partial charge < -0.3 is 5.11 Å². The fraction of sp³-hybridized carbons (Fsp3) is 0.333. The number of rotatable bonds is 1. The van der Waals surface area contributed by atoms with Crippen molar-refractivity contribution in [3.63, 3.8) is 0 Å². The van der Waals surface area contributed by atoms with Crippen molar-refractivity contribution in [2.24, 2.45) is 0 Å². The summed E-state index contributed by atoms with van der Waals surface area (Å²) in [6.45, 7) is 1.44. The van der Waals surface area contributed by atoms with E-state index in [1.165, 1.54) is 13.0 Å². The van der Waals surface area contributed by atoms with Crippen molar-refractivity contribution in [2.45, 2.75) is 25.6 Å². The third-order valence-corrected chi connectivity index (χ3v) is 3.03. The van der Waals surface area contributed by atoms with Gasteiger partial charge in [0.05, 0.1) is 5.69 Å². The van der Waals surface area contributed by atoms with Gasteiger partial charge in [0.1, 0.15) is 11.9 Å². The molecule has 1 aromatic rings. The highest BCUT2D eigenvalue weighted by Crippen LogP contribution is 2.37. The van der Waals surface area contributed by atoms with Crippen LogP contribution in [0.1, 0.15) is 11.1 Å². The molecule has 1 aliphatic heterocycles. The molecule has 20 heavy (non-hydrogen) atoms. The number of carboxylic acid groups (broad SMARTS) is 1. The first-order valence-corrected chi connectivity index (χ1v) is 5.55. The van der Waals surface area contributed by atoms with Gasteiger partial charge in [0, 0.05) is 12.0 Å². The van der Waals surface area contributed by atoms with E-state index in [9.17, 15) is 27.2 Å². The molecule has 1 aromatic carbocycles. The number of carboxylic acids is 1. The van der Waals surface area contributed by atoms with Gasteiger partial charge in [-0.3, -0.25) is 9.69 Å². The van der Waals surface area contributed by atoms with Crippen LogP contribution in [0.4, 0.5) is 23.2 Å². The van der Waals surface area contributed by atoms with E-state index in [0.717, 1.165) is 6.07 Å². The lowest BCUT2D eigenvalue weighted by molar-refractivity contribution is -0.171. The molecule has 0 fully saturated rings. The zero-order valence-electron chi connectivity index (χ0n) is 10.2. The van der Waals surface area contributed by atoms with Gasteiger partial charge in [-0.05, 0) is 24.6 Å². The minimum Gasteiger partial charge on any atom is -0.480 e. The van der Waals surface area contributed by atoms with Crippen molar-refractivity contribution in [3.05, 3.63) is 29.1 Å². The fourth-order valence-electron chi connectivity index (χ4n) is 2.21. The Bertz CT molecular complexity index is 597. The second-order valence-corrected chi connectivity index (χ2v) is 4.48. The van der Waals surface area contributed by atoms with Crippen LogP contribution in [0.15, 0.2) is 12.1 Å². The van der Waals surface area contributed by atoms with Crippen LogP contribution in [0.3, 0.4) is 0 Å². The molecule has 1 amide bonds. The number of alkyl halides is 3. The number of amides is 1. The van der Waals surface area contributed by atoms with E-state index in [1.807, 2.05) is 0 Å². The lowest BCUT2D eigenvalue weighted by Gasteiger charge is -2.23. The Morgan fingerprint density at radius 2 is 1.95 bits per heavy atom. The number of aryl methyl sites for hydroxylation is 1. The Hall–Kier alpha value is -2.12. The van der Waals surface area contributed by atoms with Gasteiger partial charge in [0.2, 0.25) is 0 Å². The molecule has 1 heterocycles. The van der Waals surface area contributed by atoms with Crippen LogP contribution in [-0.4, -0.2) is 29.2 Å². The highest BCUT2D eigenvalue weighted by atomic mass is 19.4. The molecule has 0 aromatic heterocycles. The normalized spacial score (nSPS) is 18.1. The van der Waals surface area contributed by atoms with Gasteiger partial charge in [0.25, 0.3) is 0 Å². The average Bonchev–Trinajstić information content (AvgIpc) is 2.66. The van der Waals surface area contributed by atoms with Crippen LogP contribution in [0, 0.1) is 12.7 Å². The first kappa shape index (κ1) is 14.3. The minimum atomic E-state index is -5.23. The quantitative estimate of drug-likeness (QED) is 0.806. The lowest BCUT2D eigenvalue weighted by atomic mass is 10.1. The van der Waals surface area contributed by atoms with E-state index in [4.69, 9.17) is 5.11 Å². The number of carbonyl (C=O) groups excluding carboxylic acids is 1. The van der Waals surface area contributed by atoms with Crippen molar-refractivity contribution < 1.29 is 32.3 Å². The summed E-state index contributed by atoms with van der Waals surface area (Å²) in [4.78, 5) is 22.5. The van der Waals surface area contributed by atoms with Crippen molar-refractivity contribution in [1.29, 1.82) is 0 Å². The van der Waals surface area contributed by atoms with E-state index in [1.54, 1.807) is 0 Å². The lowest BCUT2D eigenvalue weighted by Crippen LogP contribution is -2.48. The molecule has 0 radical (unpaired) electrons. The molecule has 0 spiro atoms.